The van der Waals surface area contributed by atoms with Gasteiger partial charge in [-0.1, -0.05) is 146 Å². The van der Waals surface area contributed by atoms with E-state index >= 15 is 0 Å². The predicted molar refractivity (Wildman–Crippen MR) is 213 cm³/mol. The molecule has 1 atom stereocenters. The summed E-state index contributed by atoms with van der Waals surface area (Å²) in [4.78, 5) is 10.3. The van der Waals surface area contributed by atoms with E-state index in [2.05, 4.69) is 158 Å². The number of benzene rings is 7. The molecule has 0 radical (unpaired) electrons. The highest BCUT2D eigenvalue weighted by molar-refractivity contribution is 6.08. The second kappa shape index (κ2) is 11.3. The van der Waals surface area contributed by atoms with Crippen LogP contribution in [0.2, 0.25) is 0 Å². The van der Waals surface area contributed by atoms with Crippen LogP contribution in [0.1, 0.15) is 22.6 Å². The zero-order valence-corrected chi connectivity index (χ0v) is 28.1. The van der Waals surface area contributed by atoms with Crippen LogP contribution >= 0.6 is 0 Å². The van der Waals surface area contributed by atoms with Gasteiger partial charge in [-0.25, -0.2) is 9.97 Å². The highest BCUT2D eigenvalue weighted by Gasteiger charge is 2.32. The number of rotatable bonds is 4. The lowest BCUT2D eigenvalue weighted by molar-refractivity contribution is 0.661. The average Bonchev–Trinajstić information content (AvgIpc) is 3.76. The molecule has 0 bridgehead atoms. The van der Waals surface area contributed by atoms with Crippen molar-refractivity contribution in [2.45, 2.75) is 5.92 Å². The minimum atomic E-state index is 0.0727. The molecular formula is C49H30N2O. The van der Waals surface area contributed by atoms with Gasteiger partial charge in [-0.15, -0.1) is 0 Å². The van der Waals surface area contributed by atoms with Crippen LogP contribution in [0.4, 0.5) is 0 Å². The van der Waals surface area contributed by atoms with Gasteiger partial charge < -0.3 is 4.42 Å². The van der Waals surface area contributed by atoms with Crippen LogP contribution in [-0.2, 0) is 0 Å². The molecule has 7 aromatic carbocycles. The van der Waals surface area contributed by atoms with Crippen LogP contribution in [0.5, 0.6) is 0 Å². The van der Waals surface area contributed by atoms with Crippen LogP contribution in [0.3, 0.4) is 0 Å². The first-order valence-electron chi connectivity index (χ1n) is 17.8. The summed E-state index contributed by atoms with van der Waals surface area (Å²) in [5.74, 6) is 0.0727. The highest BCUT2D eigenvalue weighted by atomic mass is 16.3. The third-order valence-corrected chi connectivity index (χ3v) is 10.8. The fourth-order valence-corrected chi connectivity index (χ4v) is 8.25. The van der Waals surface area contributed by atoms with Crippen LogP contribution < -0.4 is 0 Å². The second-order valence-electron chi connectivity index (χ2n) is 13.7. The molecule has 0 aliphatic heterocycles. The predicted octanol–water partition coefficient (Wildman–Crippen LogP) is 12.8. The molecule has 3 heterocycles. The molecule has 0 saturated carbocycles. The van der Waals surface area contributed by atoms with Gasteiger partial charge in [0.25, 0.3) is 0 Å². The molecule has 242 valence electrons. The molecule has 10 aromatic rings. The van der Waals surface area contributed by atoms with Crippen molar-refractivity contribution in [1.82, 2.24) is 9.97 Å². The van der Waals surface area contributed by atoms with Gasteiger partial charge in [0, 0.05) is 44.2 Å². The molecular weight excluding hydrogens is 633 g/mol. The topological polar surface area (TPSA) is 38.9 Å². The van der Waals surface area contributed by atoms with Gasteiger partial charge in [-0.3, -0.25) is 0 Å². The Hall–Kier alpha value is -6.84. The van der Waals surface area contributed by atoms with Gasteiger partial charge in [0.2, 0.25) is 0 Å². The van der Waals surface area contributed by atoms with E-state index in [0.717, 1.165) is 66.3 Å². The Bertz CT molecular complexity index is 3020. The SMILES string of the molecule is c1ccc(-c2ccc3c(c2)-c2ccccc2[C@@H]3c2cccc3c2oc2cc(-c4ccc5ccc6ccc(-c7ccccc7)nc6c5n4)ccc23)cc1. The first-order valence-corrected chi connectivity index (χ1v) is 17.8. The summed E-state index contributed by atoms with van der Waals surface area (Å²) in [7, 11) is 0. The van der Waals surface area contributed by atoms with Crippen molar-refractivity contribution in [1.29, 1.82) is 0 Å². The van der Waals surface area contributed by atoms with Crippen LogP contribution in [0.25, 0.3) is 88.5 Å². The zero-order chi connectivity index (χ0) is 34.2. The van der Waals surface area contributed by atoms with Crippen molar-refractivity contribution in [3.8, 4) is 44.8 Å². The summed E-state index contributed by atoms with van der Waals surface area (Å²) in [6, 6.07) is 62.5. The van der Waals surface area contributed by atoms with E-state index in [9.17, 15) is 0 Å². The third kappa shape index (κ3) is 4.46. The highest BCUT2D eigenvalue weighted by Crippen LogP contribution is 2.51. The molecule has 3 heteroatoms. The number of aromatic nitrogens is 2. The maximum Gasteiger partial charge on any atom is 0.139 e. The molecule has 0 unspecified atom stereocenters. The van der Waals surface area contributed by atoms with Crippen molar-refractivity contribution in [2.75, 3.05) is 0 Å². The number of pyridine rings is 2. The Morgan fingerprint density at radius 2 is 1.00 bits per heavy atom. The van der Waals surface area contributed by atoms with Crippen LogP contribution in [0.15, 0.2) is 180 Å². The maximum absolute atomic E-state index is 6.86. The third-order valence-electron chi connectivity index (χ3n) is 10.8. The first-order chi connectivity index (χ1) is 25.8. The average molecular weight is 663 g/mol. The van der Waals surface area contributed by atoms with Crippen LogP contribution in [0, 0.1) is 0 Å². The van der Waals surface area contributed by atoms with E-state index in [1.807, 2.05) is 18.2 Å². The minimum Gasteiger partial charge on any atom is -0.456 e. The lowest BCUT2D eigenvalue weighted by Gasteiger charge is -2.15. The van der Waals surface area contributed by atoms with Crippen molar-refractivity contribution < 1.29 is 4.42 Å². The van der Waals surface area contributed by atoms with Crippen molar-refractivity contribution in [2.24, 2.45) is 0 Å². The molecule has 3 nitrogen and oxygen atoms in total. The summed E-state index contributed by atoms with van der Waals surface area (Å²) < 4.78 is 6.86. The molecule has 11 rings (SSSR count). The molecule has 0 N–H and O–H groups in total. The summed E-state index contributed by atoms with van der Waals surface area (Å²) in [6.07, 6.45) is 0. The summed E-state index contributed by atoms with van der Waals surface area (Å²) in [6.45, 7) is 0. The van der Waals surface area contributed by atoms with E-state index in [1.165, 1.54) is 38.9 Å². The van der Waals surface area contributed by atoms with Gasteiger partial charge >= 0.3 is 0 Å². The first kappa shape index (κ1) is 28.9. The Morgan fingerprint density at radius 3 is 1.77 bits per heavy atom. The minimum absolute atomic E-state index is 0.0727. The van der Waals surface area contributed by atoms with E-state index in [0.29, 0.717) is 0 Å². The van der Waals surface area contributed by atoms with E-state index < -0.39 is 0 Å². The lowest BCUT2D eigenvalue weighted by Crippen LogP contribution is -1.99. The number of hydrogen-bond acceptors (Lipinski definition) is 3. The molecule has 52 heavy (non-hydrogen) atoms. The Labute approximate surface area is 300 Å². The maximum atomic E-state index is 6.86. The smallest absolute Gasteiger partial charge is 0.139 e. The molecule has 0 amide bonds. The second-order valence-corrected chi connectivity index (χ2v) is 13.7. The van der Waals surface area contributed by atoms with Gasteiger partial charge in [0.15, 0.2) is 0 Å². The standard InChI is InChI=1S/C49H30N2O/c1-3-10-30(11-4-1)34-20-25-39-42(28-34)36-14-7-8-15-38(36)46(39)41-17-9-16-40-37-24-21-35(29-45(37)52-49(40)41)44-27-23-33-19-18-32-22-26-43(31-12-5-2-6-13-31)50-47(32)48(33)51-44/h1-29,46H/t46-/m0/s1. The fourth-order valence-electron chi connectivity index (χ4n) is 8.25. The van der Waals surface area contributed by atoms with Crippen molar-refractivity contribution in [3.05, 3.63) is 193 Å². The monoisotopic (exact) mass is 662 g/mol. The van der Waals surface area contributed by atoms with Gasteiger partial charge in [-0.05, 0) is 63.7 Å². The number of fused-ring (bicyclic) bond motifs is 9. The van der Waals surface area contributed by atoms with E-state index in [4.69, 9.17) is 14.4 Å². The molecule has 1 aliphatic carbocycles. The van der Waals surface area contributed by atoms with Crippen molar-refractivity contribution in [3.63, 3.8) is 0 Å². The van der Waals surface area contributed by atoms with Crippen molar-refractivity contribution >= 4 is 43.7 Å². The summed E-state index contributed by atoms with van der Waals surface area (Å²) in [5.41, 5.74) is 16.4. The number of furan rings is 1. The molecule has 0 spiro atoms. The molecule has 3 aromatic heterocycles. The van der Waals surface area contributed by atoms with Gasteiger partial charge in [-0.2, -0.15) is 0 Å². The Balaban J connectivity index is 1.04. The molecule has 1 aliphatic rings. The number of para-hydroxylation sites is 1. The number of hydrogen-bond donors (Lipinski definition) is 0. The lowest BCUT2D eigenvalue weighted by atomic mass is 9.87. The normalized spacial score (nSPS) is 13.6. The number of nitrogens with zero attached hydrogens (tertiary/aromatic N) is 2. The van der Waals surface area contributed by atoms with Gasteiger partial charge in [0.1, 0.15) is 11.2 Å². The van der Waals surface area contributed by atoms with Crippen LogP contribution in [-0.4, -0.2) is 9.97 Å². The zero-order valence-electron chi connectivity index (χ0n) is 28.1. The van der Waals surface area contributed by atoms with E-state index in [-0.39, 0.29) is 5.92 Å². The van der Waals surface area contributed by atoms with E-state index in [1.54, 1.807) is 0 Å². The quantitative estimate of drug-likeness (QED) is 0.176. The van der Waals surface area contributed by atoms with Gasteiger partial charge in [0.05, 0.1) is 22.4 Å². The molecule has 0 saturated heterocycles. The fraction of sp³-hybridized carbons (Fsp3) is 0.0204. The molecule has 0 fully saturated rings. The Kier molecular flexibility index (Phi) is 6.31. The summed E-state index contributed by atoms with van der Waals surface area (Å²) >= 11 is 0. The largest absolute Gasteiger partial charge is 0.456 e. The Morgan fingerprint density at radius 1 is 0.385 bits per heavy atom. The summed E-state index contributed by atoms with van der Waals surface area (Å²) in [5, 5.41) is 4.37.